The molecule has 0 aliphatic heterocycles. The molecule has 0 spiro atoms. The van der Waals surface area contributed by atoms with Gasteiger partial charge in [-0.3, -0.25) is 0 Å². The molecule has 0 unspecified atom stereocenters. The summed E-state index contributed by atoms with van der Waals surface area (Å²) in [5, 5.41) is 13.1. The van der Waals surface area contributed by atoms with Crippen LogP contribution in [0.25, 0.3) is 10.5 Å². The minimum absolute atomic E-state index is 0.181. The quantitative estimate of drug-likeness (QED) is 0.629. The van der Waals surface area contributed by atoms with E-state index in [1.54, 1.807) is 10.9 Å². The maximum atomic E-state index is 8.96. The molecule has 0 amide bonds. The van der Waals surface area contributed by atoms with Crippen molar-refractivity contribution in [2.24, 2.45) is 0 Å². The molecule has 2 rings (SSSR count). The van der Waals surface area contributed by atoms with Crippen LogP contribution in [0.5, 0.6) is 0 Å². The normalized spacial score (nSPS) is 9.89. The summed E-state index contributed by atoms with van der Waals surface area (Å²) in [6.45, 7) is 11.3. The molecule has 1 aromatic heterocycles. The zero-order valence-corrected chi connectivity index (χ0v) is 13.2. The summed E-state index contributed by atoms with van der Waals surface area (Å²) >= 11 is 1.54. The predicted octanol–water partition coefficient (Wildman–Crippen LogP) is 1.96. The number of nitrogens with zero attached hydrogens (tertiary/aromatic N) is 4. The van der Waals surface area contributed by atoms with E-state index in [9.17, 15) is 0 Å². The van der Waals surface area contributed by atoms with Crippen LogP contribution in [0.4, 0.5) is 5.69 Å². The van der Waals surface area contributed by atoms with Crippen molar-refractivity contribution in [2.45, 2.75) is 20.3 Å². The second kappa shape index (κ2) is 5.35. The Labute approximate surface area is 122 Å². The van der Waals surface area contributed by atoms with Crippen LogP contribution in [-0.2, 0) is 6.42 Å². The van der Waals surface area contributed by atoms with E-state index in [1.807, 2.05) is 12.1 Å². The van der Waals surface area contributed by atoms with E-state index in [-0.39, 0.29) is 5.69 Å². The van der Waals surface area contributed by atoms with Gasteiger partial charge in [0.15, 0.2) is 0 Å². The predicted molar refractivity (Wildman–Crippen MR) is 74.0 cm³/mol. The summed E-state index contributed by atoms with van der Waals surface area (Å²) < 4.78 is 2.85. The van der Waals surface area contributed by atoms with Crippen LogP contribution in [0.1, 0.15) is 23.7 Å². The number of hydrogen-bond acceptors (Lipinski definition) is 2. The van der Waals surface area contributed by atoms with Crippen molar-refractivity contribution in [3.63, 3.8) is 0 Å². The molecule has 2 aromatic rings. The zero-order chi connectivity index (χ0) is 14.0. The summed E-state index contributed by atoms with van der Waals surface area (Å²) in [7, 11) is 0. The Hall–Kier alpha value is -1.95. The van der Waals surface area contributed by atoms with Crippen molar-refractivity contribution >= 4 is 28.4 Å². The van der Waals surface area contributed by atoms with Crippen molar-refractivity contribution in [3.05, 3.63) is 46.6 Å². The molecule has 1 heterocycles. The number of hydrogen-bond donors (Lipinski definition) is 0. The van der Waals surface area contributed by atoms with Gasteiger partial charge in [0.05, 0.1) is 0 Å². The standard InChI is InChI=1S/C14H11N4.Ga/c1-4-11-7-12(6-5-10(11)2)18-9-14(16-3)13(8-15)17-18;/h5-6,9H,4H2,1-2H3;. The van der Waals surface area contributed by atoms with Gasteiger partial charge in [-0.15, -0.1) is 0 Å². The van der Waals surface area contributed by atoms with Crippen molar-refractivity contribution in [2.75, 3.05) is 0 Å². The van der Waals surface area contributed by atoms with Crippen LogP contribution in [0.15, 0.2) is 18.3 Å². The van der Waals surface area contributed by atoms with Crippen molar-refractivity contribution in [1.29, 1.82) is 5.26 Å². The third kappa shape index (κ3) is 2.31. The third-order valence-electron chi connectivity index (χ3n) is 3.09. The number of aromatic nitrogens is 2. The molecule has 0 saturated heterocycles. The molecule has 0 bridgehead atoms. The van der Waals surface area contributed by atoms with E-state index in [4.69, 9.17) is 11.8 Å². The topological polar surface area (TPSA) is 46.0 Å². The SMILES string of the molecule is [C-]#[N+]c1cn(-c2ccc(C)c(CC)[c]2[Ga])nc1C#N. The molecule has 0 saturated carbocycles. The molecule has 90 valence electrons. The molecule has 5 heteroatoms. The van der Waals surface area contributed by atoms with Crippen molar-refractivity contribution in [3.8, 4) is 11.8 Å². The molecule has 0 aliphatic rings. The van der Waals surface area contributed by atoms with Gasteiger partial charge in [0, 0.05) is 0 Å². The van der Waals surface area contributed by atoms with Gasteiger partial charge in [-0.2, -0.15) is 0 Å². The first-order valence-corrected chi connectivity index (χ1v) is 7.09. The van der Waals surface area contributed by atoms with Gasteiger partial charge >= 0.3 is 122 Å². The maximum absolute atomic E-state index is 8.96. The van der Waals surface area contributed by atoms with Gasteiger partial charge in [0.1, 0.15) is 0 Å². The summed E-state index contributed by atoms with van der Waals surface area (Å²) in [4.78, 5) is 3.33. The molecular formula is C14H11GaN4. The second-order valence-corrected chi connectivity index (χ2v) is 5.39. The van der Waals surface area contributed by atoms with Gasteiger partial charge in [-0.1, -0.05) is 0 Å². The van der Waals surface area contributed by atoms with Crippen LogP contribution in [0, 0.1) is 24.8 Å². The van der Waals surface area contributed by atoms with E-state index in [2.05, 4.69) is 29.9 Å². The molecule has 0 atom stereocenters. The Balaban J connectivity index is 2.64. The van der Waals surface area contributed by atoms with Crippen LogP contribution in [0.2, 0.25) is 0 Å². The summed E-state index contributed by atoms with van der Waals surface area (Å²) in [5.74, 6) is 0. The fourth-order valence-electron chi connectivity index (χ4n) is 2.08. The van der Waals surface area contributed by atoms with Gasteiger partial charge < -0.3 is 0 Å². The molecule has 19 heavy (non-hydrogen) atoms. The Morgan fingerprint density at radius 1 is 1.53 bits per heavy atom. The van der Waals surface area contributed by atoms with Crippen molar-refractivity contribution in [1.82, 2.24) is 9.78 Å². The first-order valence-electron chi connectivity index (χ1n) is 5.87. The second-order valence-electron chi connectivity index (χ2n) is 4.18. The van der Waals surface area contributed by atoms with Crippen LogP contribution in [-0.4, -0.2) is 28.4 Å². The molecule has 0 aliphatic carbocycles. The first-order chi connectivity index (χ1) is 9.12. The Morgan fingerprint density at radius 3 is 2.79 bits per heavy atom. The van der Waals surface area contributed by atoms with Crippen LogP contribution >= 0.6 is 0 Å². The molecule has 0 fully saturated rings. The van der Waals surface area contributed by atoms with E-state index in [0.29, 0.717) is 5.69 Å². The van der Waals surface area contributed by atoms with Crippen LogP contribution < -0.4 is 4.12 Å². The number of nitriles is 1. The van der Waals surface area contributed by atoms with Gasteiger partial charge in [0.25, 0.3) is 0 Å². The summed E-state index contributed by atoms with van der Waals surface area (Å²) in [5.41, 5.74) is 4.02. The van der Waals surface area contributed by atoms with Gasteiger partial charge in [-0.25, -0.2) is 0 Å². The first kappa shape index (κ1) is 13.5. The molecule has 2 radical (unpaired) electrons. The van der Waals surface area contributed by atoms with E-state index >= 15 is 0 Å². The van der Waals surface area contributed by atoms with E-state index < -0.39 is 0 Å². The Bertz CT molecular complexity index is 685. The fourth-order valence-corrected chi connectivity index (χ4v) is 3.47. The average molecular weight is 305 g/mol. The van der Waals surface area contributed by atoms with Crippen LogP contribution in [0.3, 0.4) is 0 Å². The summed E-state index contributed by atoms with van der Waals surface area (Å²) in [6, 6.07) is 6.01. The molecule has 0 N–H and O–H groups in total. The molecule has 4 nitrogen and oxygen atoms in total. The fraction of sp³-hybridized carbons (Fsp3) is 0.214. The van der Waals surface area contributed by atoms with E-state index in [0.717, 1.165) is 12.1 Å². The van der Waals surface area contributed by atoms with Gasteiger partial charge in [0.2, 0.25) is 0 Å². The monoisotopic (exact) mass is 304 g/mol. The average Bonchev–Trinajstić information content (AvgIpc) is 2.82. The number of benzene rings is 1. The number of aryl methyl sites for hydroxylation is 1. The van der Waals surface area contributed by atoms with Gasteiger partial charge in [-0.05, 0) is 0 Å². The summed E-state index contributed by atoms with van der Waals surface area (Å²) in [6.07, 6.45) is 2.59. The zero-order valence-electron chi connectivity index (χ0n) is 10.8. The van der Waals surface area contributed by atoms with E-state index in [1.165, 1.54) is 33.8 Å². The Kier molecular flexibility index (Phi) is 3.80. The molecular weight excluding hydrogens is 294 g/mol. The third-order valence-corrected chi connectivity index (χ3v) is 4.44. The minimum atomic E-state index is 0.181. The Morgan fingerprint density at radius 2 is 2.26 bits per heavy atom. The molecule has 1 aromatic carbocycles. The number of rotatable bonds is 2. The van der Waals surface area contributed by atoms with Crippen molar-refractivity contribution < 1.29 is 0 Å².